The van der Waals surface area contributed by atoms with Crippen LogP contribution in [0.1, 0.15) is 82.5 Å². The second-order valence-electron chi connectivity index (χ2n) is 10.2. The summed E-state index contributed by atoms with van der Waals surface area (Å²) >= 11 is 0. The lowest BCUT2D eigenvalue weighted by Crippen LogP contribution is -2.53. The Morgan fingerprint density at radius 2 is 1.82 bits per heavy atom. The summed E-state index contributed by atoms with van der Waals surface area (Å²) in [4.78, 5) is 33.5. The van der Waals surface area contributed by atoms with Crippen LogP contribution < -0.4 is 5.32 Å². The smallest absolute Gasteiger partial charge is 0.246 e. The summed E-state index contributed by atoms with van der Waals surface area (Å²) in [6, 6.07) is 12.2. The van der Waals surface area contributed by atoms with Gasteiger partial charge in [-0.05, 0) is 68.2 Å². The zero-order chi connectivity index (χ0) is 24.1. The summed E-state index contributed by atoms with van der Waals surface area (Å²) in [5.74, 6) is 0.221. The molecule has 34 heavy (non-hydrogen) atoms. The molecule has 2 aromatic rings. The van der Waals surface area contributed by atoms with Crippen LogP contribution >= 0.6 is 0 Å². The molecule has 1 saturated carbocycles. The predicted octanol–water partition coefficient (Wildman–Crippen LogP) is 5.83. The Labute approximate surface area is 204 Å². The molecule has 1 aliphatic carbocycles. The van der Waals surface area contributed by atoms with Gasteiger partial charge in [0, 0.05) is 18.7 Å². The summed E-state index contributed by atoms with van der Waals surface area (Å²) in [5.41, 5.74) is 4.46. The molecule has 4 rings (SSSR count). The number of rotatable bonds is 7. The average molecular weight is 462 g/mol. The van der Waals surface area contributed by atoms with Crippen molar-refractivity contribution in [3.8, 4) is 11.1 Å². The number of nitrogens with one attached hydrogen (secondary N) is 1. The maximum Gasteiger partial charge on any atom is 0.246 e. The normalized spacial score (nSPS) is 20.7. The molecule has 1 aromatic carbocycles. The Balaban J connectivity index is 1.58. The fraction of sp³-hybridized carbons (Fsp3) is 0.552. The number of likely N-dealkylation sites (tertiary alicyclic amines) is 1. The highest BCUT2D eigenvalue weighted by Gasteiger charge is 2.39. The minimum absolute atomic E-state index is 0.00161. The van der Waals surface area contributed by atoms with Crippen molar-refractivity contribution >= 4 is 11.8 Å². The van der Waals surface area contributed by atoms with E-state index in [1.807, 2.05) is 31.0 Å². The molecule has 1 N–H and O–H groups in total. The van der Waals surface area contributed by atoms with Crippen molar-refractivity contribution in [2.24, 2.45) is 11.8 Å². The summed E-state index contributed by atoms with van der Waals surface area (Å²) in [6.07, 6.45) is 10.0. The second kappa shape index (κ2) is 11.2. The number of nitrogens with zero attached hydrogens (tertiary/aromatic N) is 2. The molecule has 1 aromatic heterocycles. The second-order valence-corrected chi connectivity index (χ2v) is 10.2. The molecule has 182 valence electrons. The first-order valence-corrected chi connectivity index (χ1v) is 13.1. The standard InChI is InChI=1S/C29H39N3O2/c1-4-21(3)28(33)31-27(22-11-6-5-7-12-22)29(34)32-17-9-14-26(32)25-19-24(15-16-30-25)23-13-8-10-20(2)18-23/h8,10,13,15-16,18-19,21-22,26-27H,4-7,9,11-12,14,17H2,1-3H3,(H,31,33). The minimum Gasteiger partial charge on any atom is -0.344 e. The van der Waals surface area contributed by atoms with Gasteiger partial charge in [-0.2, -0.15) is 0 Å². The molecular formula is C29H39N3O2. The van der Waals surface area contributed by atoms with E-state index >= 15 is 0 Å². The number of amides is 2. The molecule has 5 heteroatoms. The van der Waals surface area contributed by atoms with Gasteiger partial charge in [-0.3, -0.25) is 14.6 Å². The van der Waals surface area contributed by atoms with Crippen LogP contribution in [0, 0.1) is 18.8 Å². The third-order valence-corrected chi connectivity index (χ3v) is 7.75. The molecule has 2 amide bonds. The number of benzene rings is 1. The van der Waals surface area contributed by atoms with E-state index in [4.69, 9.17) is 4.98 Å². The number of hydrogen-bond donors (Lipinski definition) is 1. The summed E-state index contributed by atoms with van der Waals surface area (Å²) < 4.78 is 0. The lowest BCUT2D eigenvalue weighted by atomic mass is 9.83. The fourth-order valence-electron chi connectivity index (χ4n) is 5.48. The predicted molar refractivity (Wildman–Crippen MR) is 136 cm³/mol. The Hall–Kier alpha value is -2.69. The summed E-state index contributed by atoms with van der Waals surface area (Å²) in [7, 11) is 0. The Morgan fingerprint density at radius 3 is 2.56 bits per heavy atom. The van der Waals surface area contributed by atoms with Gasteiger partial charge >= 0.3 is 0 Å². The van der Waals surface area contributed by atoms with Gasteiger partial charge in [-0.25, -0.2) is 0 Å². The van der Waals surface area contributed by atoms with Crippen molar-refractivity contribution in [2.45, 2.75) is 84.2 Å². The molecule has 0 bridgehead atoms. The van der Waals surface area contributed by atoms with Crippen molar-refractivity contribution in [1.29, 1.82) is 0 Å². The number of aromatic nitrogens is 1. The van der Waals surface area contributed by atoms with Gasteiger partial charge in [-0.15, -0.1) is 0 Å². The van der Waals surface area contributed by atoms with Crippen LogP contribution in [-0.2, 0) is 9.59 Å². The van der Waals surface area contributed by atoms with E-state index in [0.29, 0.717) is 0 Å². The van der Waals surface area contributed by atoms with Crippen LogP contribution in [0.25, 0.3) is 11.1 Å². The maximum atomic E-state index is 14.0. The van der Waals surface area contributed by atoms with Crippen molar-refractivity contribution in [1.82, 2.24) is 15.2 Å². The first kappa shape index (κ1) is 24.4. The average Bonchev–Trinajstić information content (AvgIpc) is 3.37. The van der Waals surface area contributed by atoms with E-state index in [1.165, 1.54) is 17.5 Å². The first-order valence-electron chi connectivity index (χ1n) is 13.1. The molecule has 1 aliphatic heterocycles. The van der Waals surface area contributed by atoms with Crippen LogP contribution in [0.4, 0.5) is 0 Å². The molecule has 2 aliphatic rings. The van der Waals surface area contributed by atoms with E-state index in [0.717, 1.165) is 62.7 Å². The van der Waals surface area contributed by atoms with Crippen molar-refractivity contribution in [2.75, 3.05) is 6.54 Å². The number of carbonyl (C=O) groups excluding carboxylic acids is 2. The zero-order valence-electron chi connectivity index (χ0n) is 20.9. The minimum atomic E-state index is -0.428. The maximum absolute atomic E-state index is 14.0. The number of hydrogen-bond acceptors (Lipinski definition) is 3. The van der Waals surface area contributed by atoms with Gasteiger partial charge in [0.15, 0.2) is 0 Å². The largest absolute Gasteiger partial charge is 0.344 e. The van der Waals surface area contributed by atoms with Crippen molar-refractivity contribution in [3.05, 3.63) is 53.9 Å². The molecule has 3 atom stereocenters. The molecular weight excluding hydrogens is 422 g/mol. The van der Waals surface area contributed by atoms with E-state index in [2.05, 4.69) is 42.6 Å². The molecule has 2 heterocycles. The number of aryl methyl sites for hydroxylation is 1. The number of carbonyl (C=O) groups is 2. The molecule has 1 saturated heterocycles. The van der Waals surface area contributed by atoms with Gasteiger partial charge in [0.2, 0.25) is 11.8 Å². The van der Waals surface area contributed by atoms with E-state index in [1.54, 1.807) is 0 Å². The van der Waals surface area contributed by atoms with E-state index < -0.39 is 6.04 Å². The van der Waals surface area contributed by atoms with Gasteiger partial charge < -0.3 is 10.2 Å². The lowest BCUT2D eigenvalue weighted by Gasteiger charge is -2.35. The van der Waals surface area contributed by atoms with Gasteiger partial charge in [0.05, 0.1) is 11.7 Å². The van der Waals surface area contributed by atoms with Gasteiger partial charge in [-0.1, -0.05) is 62.9 Å². The Bertz CT molecular complexity index is 998. The highest BCUT2D eigenvalue weighted by Crippen LogP contribution is 2.35. The monoisotopic (exact) mass is 461 g/mol. The van der Waals surface area contributed by atoms with Gasteiger partial charge in [0.1, 0.15) is 6.04 Å². The Morgan fingerprint density at radius 1 is 1.06 bits per heavy atom. The van der Waals surface area contributed by atoms with E-state index in [9.17, 15) is 9.59 Å². The summed E-state index contributed by atoms with van der Waals surface area (Å²) in [6.45, 7) is 6.78. The molecule has 2 fully saturated rings. The van der Waals surface area contributed by atoms with Crippen molar-refractivity contribution in [3.63, 3.8) is 0 Å². The zero-order valence-corrected chi connectivity index (χ0v) is 20.9. The Kier molecular flexibility index (Phi) is 8.02. The molecule has 3 unspecified atom stereocenters. The molecule has 5 nitrogen and oxygen atoms in total. The third-order valence-electron chi connectivity index (χ3n) is 7.75. The molecule has 0 radical (unpaired) electrons. The van der Waals surface area contributed by atoms with Gasteiger partial charge in [0.25, 0.3) is 0 Å². The third kappa shape index (κ3) is 5.51. The first-order chi connectivity index (χ1) is 16.5. The summed E-state index contributed by atoms with van der Waals surface area (Å²) in [5, 5.41) is 3.18. The lowest BCUT2D eigenvalue weighted by molar-refractivity contribution is -0.140. The van der Waals surface area contributed by atoms with Crippen molar-refractivity contribution < 1.29 is 9.59 Å². The highest BCUT2D eigenvalue weighted by atomic mass is 16.2. The van der Waals surface area contributed by atoms with Crippen LogP contribution in [0.15, 0.2) is 42.6 Å². The quantitative estimate of drug-likeness (QED) is 0.564. The van der Waals surface area contributed by atoms with Crippen LogP contribution in [0.2, 0.25) is 0 Å². The van der Waals surface area contributed by atoms with Crippen LogP contribution in [0.3, 0.4) is 0 Å². The highest BCUT2D eigenvalue weighted by molar-refractivity contribution is 5.89. The van der Waals surface area contributed by atoms with Crippen LogP contribution in [0.5, 0.6) is 0 Å². The molecule has 0 spiro atoms. The fourth-order valence-corrected chi connectivity index (χ4v) is 5.48. The van der Waals surface area contributed by atoms with Crippen LogP contribution in [-0.4, -0.2) is 34.3 Å². The topological polar surface area (TPSA) is 62.3 Å². The SMILES string of the molecule is CCC(C)C(=O)NC(C(=O)N1CCCC1c1cc(-c2cccc(C)c2)ccn1)C1CCCCC1. The number of pyridine rings is 1. The van der Waals surface area contributed by atoms with E-state index in [-0.39, 0.29) is 29.7 Å².